The van der Waals surface area contributed by atoms with E-state index in [1.165, 1.54) is 40.4 Å². The first kappa shape index (κ1) is 10.2. The number of hydrogen-bond donors (Lipinski definition) is 1. The van der Waals surface area contributed by atoms with E-state index in [1.807, 2.05) is 11.8 Å². The molecule has 1 saturated heterocycles. The zero-order chi connectivity index (χ0) is 11.1. The molecular weight excluding hydrogens is 216 g/mol. The number of imidazole rings is 1. The highest BCUT2D eigenvalue weighted by Crippen LogP contribution is 2.32. The number of fused-ring (bicyclic) bond motifs is 1. The van der Waals surface area contributed by atoms with Gasteiger partial charge in [0.2, 0.25) is 0 Å². The summed E-state index contributed by atoms with van der Waals surface area (Å²) in [6.45, 7) is 4.30. The predicted octanol–water partition coefficient (Wildman–Crippen LogP) is 3.40. The van der Waals surface area contributed by atoms with Gasteiger partial charge in [0.15, 0.2) is 0 Å². The molecule has 3 heteroatoms. The van der Waals surface area contributed by atoms with Gasteiger partial charge in [-0.2, -0.15) is 11.8 Å². The van der Waals surface area contributed by atoms with Crippen LogP contribution in [0.1, 0.15) is 29.3 Å². The molecule has 1 aliphatic rings. The van der Waals surface area contributed by atoms with Gasteiger partial charge < -0.3 is 4.98 Å². The first-order valence-electron chi connectivity index (χ1n) is 5.78. The second kappa shape index (κ2) is 3.81. The number of aryl methyl sites for hydroxylation is 2. The second-order valence-corrected chi connectivity index (χ2v) is 5.79. The van der Waals surface area contributed by atoms with Crippen molar-refractivity contribution in [1.82, 2.24) is 9.97 Å². The molecule has 1 aliphatic heterocycles. The number of thioether (sulfide) groups is 1. The number of H-pyrrole nitrogens is 1. The number of aromatic nitrogens is 2. The smallest absolute Gasteiger partial charge is 0.111 e. The molecule has 2 nitrogen and oxygen atoms in total. The molecular formula is C13H16N2S. The molecule has 1 aromatic heterocycles. The number of benzene rings is 1. The minimum absolute atomic E-state index is 0.637. The summed E-state index contributed by atoms with van der Waals surface area (Å²) in [5.41, 5.74) is 4.97. The molecule has 3 rings (SSSR count). The average molecular weight is 232 g/mol. The van der Waals surface area contributed by atoms with Gasteiger partial charge in [-0.15, -0.1) is 0 Å². The van der Waals surface area contributed by atoms with Crippen molar-refractivity contribution in [3.05, 3.63) is 29.1 Å². The molecule has 1 atom stereocenters. The third-order valence-corrected chi connectivity index (χ3v) is 4.59. The monoisotopic (exact) mass is 232 g/mol. The van der Waals surface area contributed by atoms with Crippen LogP contribution in [0.25, 0.3) is 11.0 Å². The third-order valence-electron chi connectivity index (χ3n) is 3.43. The summed E-state index contributed by atoms with van der Waals surface area (Å²) in [5.74, 6) is 4.32. The fourth-order valence-corrected chi connectivity index (χ4v) is 3.46. The van der Waals surface area contributed by atoms with E-state index in [0.717, 1.165) is 5.52 Å². The van der Waals surface area contributed by atoms with E-state index in [-0.39, 0.29) is 0 Å². The molecule has 1 unspecified atom stereocenters. The quantitative estimate of drug-likeness (QED) is 0.816. The molecule has 2 heterocycles. The highest BCUT2D eigenvalue weighted by Gasteiger charge is 2.20. The van der Waals surface area contributed by atoms with Gasteiger partial charge in [-0.1, -0.05) is 0 Å². The Morgan fingerprint density at radius 2 is 2.12 bits per heavy atom. The lowest BCUT2D eigenvalue weighted by Gasteiger charge is -2.01. The minimum atomic E-state index is 0.637. The fraction of sp³-hybridized carbons (Fsp3) is 0.462. The Hall–Kier alpha value is -0.960. The molecule has 0 aliphatic carbocycles. The van der Waals surface area contributed by atoms with E-state index in [0.29, 0.717) is 5.92 Å². The summed E-state index contributed by atoms with van der Waals surface area (Å²) >= 11 is 2.03. The summed E-state index contributed by atoms with van der Waals surface area (Å²) in [5, 5.41) is 0. The van der Waals surface area contributed by atoms with E-state index < -0.39 is 0 Å². The first-order valence-corrected chi connectivity index (χ1v) is 6.94. The Labute approximate surface area is 99.8 Å². The van der Waals surface area contributed by atoms with Crippen molar-refractivity contribution in [2.24, 2.45) is 0 Å². The molecule has 2 aromatic rings. The van der Waals surface area contributed by atoms with Crippen LogP contribution in [0.15, 0.2) is 12.1 Å². The summed E-state index contributed by atoms with van der Waals surface area (Å²) in [6, 6.07) is 4.40. The maximum Gasteiger partial charge on any atom is 0.111 e. The van der Waals surface area contributed by atoms with Crippen LogP contribution in [-0.4, -0.2) is 21.5 Å². The molecule has 1 N–H and O–H groups in total. The van der Waals surface area contributed by atoms with Crippen molar-refractivity contribution < 1.29 is 0 Å². The van der Waals surface area contributed by atoms with Gasteiger partial charge in [-0.3, -0.25) is 0 Å². The number of nitrogens with one attached hydrogen (secondary N) is 1. The molecule has 0 amide bonds. The van der Waals surface area contributed by atoms with Crippen molar-refractivity contribution in [3.63, 3.8) is 0 Å². The third kappa shape index (κ3) is 1.63. The highest BCUT2D eigenvalue weighted by atomic mass is 32.2. The number of aromatic amines is 1. The lowest BCUT2D eigenvalue weighted by molar-refractivity contribution is 0.733. The van der Waals surface area contributed by atoms with E-state index in [9.17, 15) is 0 Å². The van der Waals surface area contributed by atoms with E-state index in [2.05, 4.69) is 31.0 Å². The Kier molecular flexibility index (Phi) is 2.43. The van der Waals surface area contributed by atoms with Crippen LogP contribution in [-0.2, 0) is 0 Å². The zero-order valence-corrected chi connectivity index (χ0v) is 10.5. The van der Waals surface area contributed by atoms with Gasteiger partial charge in [-0.05, 0) is 49.3 Å². The normalized spacial score (nSPS) is 20.8. The molecule has 0 spiro atoms. The Balaban J connectivity index is 2.08. The zero-order valence-electron chi connectivity index (χ0n) is 9.71. The van der Waals surface area contributed by atoms with Crippen LogP contribution in [0.5, 0.6) is 0 Å². The molecule has 1 aromatic carbocycles. The molecule has 0 bridgehead atoms. The highest BCUT2D eigenvalue weighted by molar-refractivity contribution is 7.99. The molecule has 16 heavy (non-hydrogen) atoms. The summed E-state index contributed by atoms with van der Waals surface area (Å²) < 4.78 is 0. The SMILES string of the molecule is Cc1cc2nc(C3CCSC3)[nH]c2cc1C. The van der Waals surface area contributed by atoms with Crippen molar-refractivity contribution >= 4 is 22.8 Å². The predicted molar refractivity (Wildman–Crippen MR) is 70.3 cm³/mol. The van der Waals surface area contributed by atoms with Crippen molar-refractivity contribution in [2.75, 3.05) is 11.5 Å². The first-order chi connectivity index (χ1) is 7.74. The average Bonchev–Trinajstić information content (AvgIpc) is 2.86. The van der Waals surface area contributed by atoms with Crippen LogP contribution >= 0.6 is 11.8 Å². The lowest BCUT2D eigenvalue weighted by Crippen LogP contribution is -1.98. The Morgan fingerprint density at radius 3 is 2.88 bits per heavy atom. The van der Waals surface area contributed by atoms with E-state index in [1.54, 1.807) is 0 Å². The van der Waals surface area contributed by atoms with Gasteiger partial charge >= 0.3 is 0 Å². The van der Waals surface area contributed by atoms with Gasteiger partial charge in [-0.25, -0.2) is 4.98 Å². The molecule has 0 radical (unpaired) electrons. The van der Waals surface area contributed by atoms with Crippen LogP contribution in [0.4, 0.5) is 0 Å². The van der Waals surface area contributed by atoms with Crippen LogP contribution in [0.2, 0.25) is 0 Å². The van der Waals surface area contributed by atoms with Gasteiger partial charge in [0.05, 0.1) is 11.0 Å². The standard InChI is InChI=1S/C13H16N2S/c1-8-5-11-12(6-9(8)2)15-13(14-11)10-3-4-16-7-10/h5-6,10H,3-4,7H2,1-2H3,(H,14,15). The largest absolute Gasteiger partial charge is 0.342 e. The van der Waals surface area contributed by atoms with Crippen molar-refractivity contribution in [2.45, 2.75) is 26.2 Å². The van der Waals surface area contributed by atoms with Crippen LogP contribution in [0.3, 0.4) is 0 Å². The van der Waals surface area contributed by atoms with Crippen LogP contribution < -0.4 is 0 Å². The van der Waals surface area contributed by atoms with Crippen LogP contribution in [0, 0.1) is 13.8 Å². The number of hydrogen-bond acceptors (Lipinski definition) is 2. The fourth-order valence-electron chi connectivity index (χ4n) is 2.23. The molecule has 0 saturated carbocycles. The molecule has 1 fully saturated rings. The maximum absolute atomic E-state index is 4.73. The number of rotatable bonds is 1. The van der Waals surface area contributed by atoms with E-state index in [4.69, 9.17) is 4.98 Å². The summed E-state index contributed by atoms with van der Waals surface area (Å²) in [4.78, 5) is 8.21. The van der Waals surface area contributed by atoms with Gasteiger partial charge in [0, 0.05) is 11.7 Å². The van der Waals surface area contributed by atoms with Gasteiger partial charge in [0.1, 0.15) is 5.82 Å². The van der Waals surface area contributed by atoms with Crippen molar-refractivity contribution in [1.29, 1.82) is 0 Å². The Morgan fingerprint density at radius 1 is 1.31 bits per heavy atom. The maximum atomic E-state index is 4.73. The van der Waals surface area contributed by atoms with Gasteiger partial charge in [0.25, 0.3) is 0 Å². The van der Waals surface area contributed by atoms with E-state index >= 15 is 0 Å². The van der Waals surface area contributed by atoms with Crippen molar-refractivity contribution in [3.8, 4) is 0 Å². The topological polar surface area (TPSA) is 28.7 Å². The second-order valence-electron chi connectivity index (χ2n) is 4.64. The molecule has 84 valence electrons. The summed E-state index contributed by atoms with van der Waals surface area (Å²) in [6.07, 6.45) is 1.27. The Bertz CT molecular complexity index is 485. The lowest BCUT2D eigenvalue weighted by atomic mass is 10.1. The minimum Gasteiger partial charge on any atom is -0.342 e. The summed E-state index contributed by atoms with van der Waals surface area (Å²) in [7, 11) is 0. The number of nitrogens with zero attached hydrogens (tertiary/aromatic N) is 1.